The van der Waals surface area contributed by atoms with E-state index in [4.69, 9.17) is 0 Å². The molecule has 1 aromatic rings. The van der Waals surface area contributed by atoms with Crippen molar-refractivity contribution in [2.45, 2.75) is 40.2 Å². The van der Waals surface area contributed by atoms with Crippen molar-refractivity contribution in [1.29, 1.82) is 0 Å². The molecule has 2 nitrogen and oxygen atoms in total. The number of aryl methyl sites for hydroxylation is 1. The van der Waals surface area contributed by atoms with Crippen LogP contribution in [0.2, 0.25) is 0 Å². The summed E-state index contributed by atoms with van der Waals surface area (Å²) >= 11 is 1.84. The van der Waals surface area contributed by atoms with Gasteiger partial charge >= 0.3 is 0 Å². The van der Waals surface area contributed by atoms with Crippen molar-refractivity contribution in [3.63, 3.8) is 0 Å². The summed E-state index contributed by atoms with van der Waals surface area (Å²) in [6.07, 6.45) is 2.39. The van der Waals surface area contributed by atoms with E-state index in [1.165, 1.54) is 22.0 Å². The molecule has 14 heavy (non-hydrogen) atoms. The Bertz CT molecular complexity index is 281. The highest BCUT2D eigenvalue weighted by atomic mass is 32.1. The van der Waals surface area contributed by atoms with Crippen molar-refractivity contribution in [3.05, 3.63) is 15.6 Å². The molecule has 2 rings (SSSR count). The summed E-state index contributed by atoms with van der Waals surface area (Å²) in [6, 6.07) is 0. The van der Waals surface area contributed by atoms with Crippen molar-refractivity contribution < 1.29 is 0 Å². The third kappa shape index (κ3) is 3.07. The van der Waals surface area contributed by atoms with Crippen LogP contribution in [-0.4, -0.2) is 23.5 Å². The van der Waals surface area contributed by atoms with Crippen molar-refractivity contribution >= 4 is 11.3 Å². The van der Waals surface area contributed by atoms with Gasteiger partial charge in [-0.15, -0.1) is 11.3 Å². The molecule has 80 valence electrons. The van der Waals surface area contributed by atoms with Crippen LogP contribution in [0.25, 0.3) is 0 Å². The van der Waals surface area contributed by atoms with E-state index >= 15 is 0 Å². The Hall–Kier alpha value is -0.410. The summed E-state index contributed by atoms with van der Waals surface area (Å²) < 4.78 is 0. The second-order valence-electron chi connectivity index (χ2n) is 3.80. The molecule has 0 aliphatic carbocycles. The Balaban J connectivity index is 0.000000293. The number of aromatic nitrogens is 1. The van der Waals surface area contributed by atoms with Crippen LogP contribution < -0.4 is 0 Å². The first-order valence-electron chi connectivity index (χ1n) is 5.31. The minimum atomic E-state index is 1.10. The third-order valence-corrected chi connectivity index (χ3v) is 3.03. The lowest BCUT2D eigenvalue weighted by Crippen LogP contribution is -2.25. The minimum absolute atomic E-state index is 1.10. The van der Waals surface area contributed by atoms with Gasteiger partial charge in [-0.2, -0.15) is 0 Å². The molecule has 0 atom stereocenters. The summed E-state index contributed by atoms with van der Waals surface area (Å²) in [5, 5.41) is 1.21. The number of rotatable bonds is 0. The molecule has 0 aromatic carbocycles. The van der Waals surface area contributed by atoms with Crippen LogP contribution >= 0.6 is 11.3 Å². The highest BCUT2D eigenvalue weighted by molar-refractivity contribution is 7.11. The van der Waals surface area contributed by atoms with Crippen molar-refractivity contribution in [2.24, 2.45) is 0 Å². The average Bonchev–Trinajstić information content (AvgIpc) is 2.45. The van der Waals surface area contributed by atoms with Gasteiger partial charge in [0.05, 0.1) is 10.7 Å². The van der Waals surface area contributed by atoms with E-state index in [1.54, 1.807) is 0 Å². The second-order valence-corrected chi connectivity index (χ2v) is 5.09. The Labute approximate surface area is 91.0 Å². The molecule has 0 unspecified atom stereocenters. The maximum absolute atomic E-state index is 4.48. The van der Waals surface area contributed by atoms with Gasteiger partial charge in [-0.1, -0.05) is 20.3 Å². The molecule has 1 aliphatic heterocycles. The van der Waals surface area contributed by atoms with Crippen molar-refractivity contribution in [1.82, 2.24) is 9.88 Å². The van der Waals surface area contributed by atoms with Gasteiger partial charge in [0.2, 0.25) is 0 Å². The first-order valence-corrected chi connectivity index (χ1v) is 6.12. The Morgan fingerprint density at radius 2 is 2.07 bits per heavy atom. The minimum Gasteiger partial charge on any atom is -0.301 e. The largest absolute Gasteiger partial charge is 0.301 e. The SMILES string of the molecule is CCC.Cc1nc2c(s1)CN(C)CC2. The van der Waals surface area contributed by atoms with E-state index < -0.39 is 0 Å². The summed E-state index contributed by atoms with van der Waals surface area (Å²) in [5.74, 6) is 0. The van der Waals surface area contributed by atoms with Gasteiger partial charge in [0.25, 0.3) is 0 Å². The van der Waals surface area contributed by atoms with E-state index in [0.29, 0.717) is 0 Å². The predicted molar refractivity (Wildman–Crippen MR) is 62.9 cm³/mol. The molecule has 0 saturated heterocycles. The third-order valence-electron chi connectivity index (χ3n) is 2.03. The fourth-order valence-corrected chi connectivity index (χ4v) is 2.52. The first-order chi connectivity index (χ1) is 6.67. The molecule has 0 N–H and O–H groups in total. The standard InChI is InChI=1S/C8H12N2S.C3H8/c1-6-9-7-3-4-10(2)5-8(7)11-6;1-3-2/h3-5H2,1-2H3;3H2,1-2H3. The molecular weight excluding hydrogens is 192 g/mol. The lowest BCUT2D eigenvalue weighted by atomic mass is 10.2. The van der Waals surface area contributed by atoms with Gasteiger partial charge in [-0.05, 0) is 14.0 Å². The summed E-state index contributed by atoms with van der Waals surface area (Å²) in [5.41, 5.74) is 1.34. The van der Waals surface area contributed by atoms with E-state index in [-0.39, 0.29) is 0 Å². The molecule has 1 aromatic heterocycles. The second kappa shape index (κ2) is 5.47. The van der Waals surface area contributed by atoms with Gasteiger partial charge in [0, 0.05) is 24.4 Å². The molecule has 1 aliphatic rings. The Kier molecular flexibility index (Phi) is 4.55. The van der Waals surface area contributed by atoms with Gasteiger partial charge in [0.1, 0.15) is 0 Å². The van der Waals surface area contributed by atoms with Crippen LogP contribution in [0, 0.1) is 6.92 Å². The Morgan fingerprint density at radius 3 is 2.71 bits per heavy atom. The Morgan fingerprint density at radius 1 is 1.43 bits per heavy atom. The topological polar surface area (TPSA) is 16.1 Å². The van der Waals surface area contributed by atoms with Gasteiger partial charge in [-0.3, -0.25) is 0 Å². The number of hydrogen-bond donors (Lipinski definition) is 0. The molecule has 0 fully saturated rings. The number of likely N-dealkylation sites (N-methyl/N-ethyl adjacent to an activating group) is 1. The fourth-order valence-electron chi connectivity index (χ4n) is 1.45. The van der Waals surface area contributed by atoms with Crippen LogP contribution in [0.5, 0.6) is 0 Å². The zero-order valence-electron chi connectivity index (χ0n) is 9.63. The van der Waals surface area contributed by atoms with Gasteiger partial charge in [0.15, 0.2) is 0 Å². The fraction of sp³-hybridized carbons (Fsp3) is 0.727. The van der Waals surface area contributed by atoms with E-state index in [1.807, 2.05) is 11.3 Å². The van der Waals surface area contributed by atoms with E-state index in [2.05, 4.69) is 37.7 Å². The van der Waals surface area contributed by atoms with Crippen LogP contribution in [0.1, 0.15) is 35.8 Å². The molecule has 0 amide bonds. The smallest absolute Gasteiger partial charge is 0.0900 e. The molecular formula is C11H20N2S. The molecule has 2 heterocycles. The van der Waals surface area contributed by atoms with E-state index in [9.17, 15) is 0 Å². The van der Waals surface area contributed by atoms with Crippen LogP contribution in [-0.2, 0) is 13.0 Å². The molecule has 0 saturated carbocycles. The highest BCUT2D eigenvalue weighted by Gasteiger charge is 2.16. The monoisotopic (exact) mass is 212 g/mol. The lowest BCUT2D eigenvalue weighted by molar-refractivity contribution is 0.314. The first kappa shape index (κ1) is 11.7. The van der Waals surface area contributed by atoms with Crippen LogP contribution in [0.4, 0.5) is 0 Å². The molecule has 0 bridgehead atoms. The zero-order chi connectivity index (χ0) is 10.6. The number of thiazole rings is 1. The highest BCUT2D eigenvalue weighted by Crippen LogP contribution is 2.23. The van der Waals surface area contributed by atoms with Gasteiger partial charge in [-0.25, -0.2) is 4.98 Å². The quantitative estimate of drug-likeness (QED) is 0.657. The molecule has 0 spiro atoms. The number of nitrogens with zero attached hydrogens (tertiary/aromatic N) is 2. The van der Waals surface area contributed by atoms with Crippen LogP contribution in [0.15, 0.2) is 0 Å². The zero-order valence-corrected chi connectivity index (χ0v) is 10.4. The summed E-state index contributed by atoms with van der Waals surface area (Å²) in [6.45, 7) is 8.60. The normalized spacial score (nSPS) is 15.7. The predicted octanol–water partition coefficient (Wildman–Crippen LogP) is 2.86. The lowest BCUT2D eigenvalue weighted by Gasteiger charge is -2.20. The maximum Gasteiger partial charge on any atom is 0.0900 e. The molecule has 3 heteroatoms. The molecule has 0 radical (unpaired) electrons. The van der Waals surface area contributed by atoms with E-state index in [0.717, 1.165) is 19.5 Å². The number of hydrogen-bond acceptors (Lipinski definition) is 3. The number of fused-ring (bicyclic) bond motifs is 1. The summed E-state index contributed by atoms with van der Waals surface area (Å²) in [7, 11) is 2.16. The van der Waals surface area contributed by atoms with Crippen molar-refractivity contribution in [3.8, 4) is 0 Å². The van der Waals surface area contributed by atoms with Crippen molar-refractivity contribution in [2.75, 3.05) is 13.6 Å². The average molecular weight is 212 g/mol. The maximum atomic E-state index is 4.48. The van der Waals surface area contributed by atoms with Gasteiger partial charge < -0.3 is 4.90 Å². The van der Waals surface area contributed by atoms with Crippen LogP contribution in [0.3, 0.4) is 0 Å². The summed E-state index contributed by atoms with van der Waals surface area (Å²) in [4.78, 5) is 8.29.